The van der Waals surface area contributed by atoms with E-state index in [2.05, 4.69) is 15.3 Å². The lowest BCUT2D eigenvalue weighted by Gasteiger charge is -2.34. The molecule has 9 heteroatoms. The molecule has 3 heterocycles. The van der Waals surface area contributed by atoms with Crippen molar-refractivity contribution >= 4 is 28.5 Å². The van der Waals surface area contributed by atoms with Crippen molar-refractivity contribution in [1.82, 2.24) is 25.1 Å². The van der Waals surface area contributed by atoms with Crippen LogP contribution in [-0.2, 0) is 20.9 Å². The summed E-state index contributed by atoms with van der Waals surface area (Å²) < 4.78 is 5.71. The Morgan fingerprint density at radius 2 is 2.21 bits per heavy atom. The molecule has 1 aromatic heterocycles. The molecular formula is C20H26N6O3. The summed E-state index contributed by atoms with van der Waals surface area (Å²) >= 11 is 0. The molecule has 0 spiro atoms. The molecule has 2 aromatic rings. The van der Waals surface area contributed by atoms with Gasteiger partial charge in [0.15, 0.2) is 0 Å². The van der Waals surface area contributed by atoms with E-state index in [1.54, 1.807) is 9.80 Å². The van der Waals surface area contributed by atoms with Crippen molar-refractivity contribution in [2.45, 2.75) is 25.5 Å². The van der Waals surface area contributed by atoms with E-state index in [0.29, 0.717) is 25.5 Å². The fourth-order valence-electron chi connectivity index (χ4n) is 3.77. The zero-order valence-corrected chi connectivity index (χ0v) is 16.3. The van der Waals surface area contributed by atoms with Gasteiger partial charge in [-0.25, -0.2) is 9.97 Å². The summed E-state index contributed by atoms with van der Waals surface area (Å²) in [4.78, 5) is 36.6. The second-order valence-electron chi connectivity index (χ2n) is 7.52. The number of nitrogens with one attached hydrogen (secondary N) is 1. The van der Waals surface area contributed by atoms with Gasteiger partial charge in [0.2, 0.25) is 11.8 Å². The number of rotatable bonds is 5. The van der Waals surface area contributed by atoms with Crippen LogP contribution < -0.4 is 11.1 Å². The van der Waals surface area contributed by atoms with Crippen LogP contribution in [0.25, 0.3) is 10.9 Å². The fourth-order valence-corrected chi connectivity index (χ4v) is 3.77. The van der Waals surface area contributed by atoms with Gasteiger partial charge < -0.3 is 25.6 Å². The van der Waals surface area contributed by atoms with E-state index in [0.717, 1.165) is 42.4 Å². The first kappa shape index (κ1) is 19.5. The molecule has 0 radical (unpaired) electrons. The van der Waals surface area contributed by atoms with Gasteiger partial charge in [0.25, 0.3) is 0 Å². The van der Waals surface area contributed by atoms with Crippen molar-refractivity contribution in [3.05, 3.63) is 30.1 Å². The highest BCUT2D eigenvalue weighted by atomic mass is 16.5. The standard InChI is InChI=1S/C20H26N6O3/c21-20-16-4-3-14(8-17(16)23-13-24-20)10-25-6-7-26(11-18(25)27)19(28)12-29-15-2-1-5-22-9-15/h3-4,8,13,15,22H,1-2,5-7,9-12H2,(H2,21,23,24). The average Bonchev–Trinajstić information content (AvgIpc) is 2.74. The third-order valence-corrected chi connectivity index (χ3v) is 5.47. The molecular weight excluding hydrogens is 372 g/mol. The first-order valence-electron chi connectivity index (χ1n) is 9.97. The Morgan fingerprint density at radius 1 is 1.31 bits per heavy atom. The first-order chi connectivity index (χ1) is 14.1. The molecule has 0 bridgehead atoms. The van der Waals surface area contributed by atoms with Crippen LogP contribution in [0.1, 0.15) is 18.4 Å². The molecule has 2 aliphatic heterocycles. The normalized spacial score (nSPS) is 20.3. The van der Waals surface area contributed by atoms with Crippen molar-refractivity contribution in [1.29, 1.82) is 0 Å². The van der Waals surface area contributed by atoms with Crippen LogP contribution in [0.3, 0.4) is 0 Å². The number of nitrogens with two attached hydrogens (primary N) is 1. The Balaban J connectivity index is 1.30. The molecule has 4 rings (SSSR count). The van der Waals surface area contributed by atoms with Crippen LogP contribution in [0, 0.1) is 0 Å². The van der Waals surface area contributed by atoms with Crippen LogP contribution in [-0.4, -0.2) is 77.0 Å². The van der Waals surface area contributed by atoms with E-state index >= 15 is 0 Å². The number of nitrogen functional groups attached to an aromatic ring is 1. The number of carbonyl (C=O) groups excluding carboxylic acids is 2. The minimum Gasteiger partial charge on any atom is -0.383 e. The molecule has 9 nitrogen and oxygen atoms in total. The van der Waals surface area contributed by atoms with Gasteiger partial charge in [0.05, 0.1) is 18.2 Å². The molecule has 1 unspecified atom stereocenters. The maximum atomic E-state index is 12.6. The number of fused-ring (bicyclic) bond motifs is 1. The van der Waals surface area contributed by atoms with Gasteiger partial charge in [0.1, 0.15) is 18.8 Å². The molecule has 2 amide bonds. The van der Waals surface area contributed by atoms with Crippen LogP contribution in [0.4, 0.5) is 5.82 Å². The number of ether oxygens (including phenoxy) is 1. The lowest BCUT2D eigenvalue weighted by molar-refractivity contribution is -0.149. The van der Waals surface area contributed by atoms with Gasteiger partial charge in [-0.15, -0.1) is 0 Å². The SMILES string of the molecule is Nc1ncnc2cc(CN3CCN(C(=O)COC4CCCNC4)CC3=O)ccc12. The molecule has 154 valence electrons. The minimum absolute atomic E-state index is 0.0332. The predicted octanol–water partition coefficient (Wildman–Crippen LogP) is 0.151. The van der Waals surface area contributed by atoms with Crippen LogP contribution in [0.2, 0.25) is 0 Å². The summed E-state index contributed by atoms with van der Waals surface area (Å²) in [7, 11) is 0. The Hall–Kier alpha value is -2.78. The molecule has 29 heavy (non-hydrogen) atoms. The topological polar surface area (TPSA) is 114 Å². The molecule has 2 aliphatic rings. The largest absolute Gasteiger partial charge is 0.383 e. The summed E-state index contributed by atoms with van der Waals surface area (Å²) in [6.07, 6.45) is 3.54. The maximum Gasteiger partial charge on any atom is 0.249 e. The number of aromatic nitrogens is 2. The number of amides is 2. The highest BCUT2D eigenvalue weighted by molar-refractivity contribution is 5.88. The minimum atomic E-state index is -0.124. The Bertz CT molecular complexity index is 899. The third-order valence-electron chi connectivity index (χ3n) is 5.47. The quantitative estimate of drug-likeness (QED) is 0.737. The second kappa shape index (κ2) is 8.71. The van der Waals surface area contributed by atoms with Gasteiger partial charge in [-0.05, 0) is 37.1 Å². The van der Waals surface area contributed by atoms with Crippen molar-refractivity contribution in [2.75, 3.05) is 45.1 Å². The Labute approximate surface area is 169 Å². The number of piperidine rings is 1. The van der Waals surface area contributed by atoms with Crippen LogP contribution >= 0.6 is 0 Å². The van der Waals surface area contributed by atoms with Crippen molar-refractivity contribution < 1.29 is 14.3 Å². The molecule has 2 saturated heterocycles. The zero-order valence-electron chi connectivity index (χ0n) is 16.3. The average molecular weight is 398 g/mol. The van der Waals surface area contributed by atoms with Crippen LogP contribution in [0.5, 0.6) is 0 Å². The van der Waals surface area contributed by atoms with E-state index in [-0.39, 0.29) is 31.1 Å². The lowest BCUT2D eigenvalue weighted by Crippen LogP contribution is -2.53. The smallest absolute Gasteiger partial charge is 0.249 e. The molecule has 1 atom stereocenters. The van der Waals surface area contributed by atoms with E-state index in [9.17, 15) is 9.59 Å². The van der Waals surface area contributed by atoms with Gasteiger partial charge in [0, 0.05) is 31.6 Å². The van der Waals surface area contributed by atoms with Gasteiger partial charge in [-0.3, -0.25) is 9.59 Å². The number of anilines is 1. The van der Waals surface area contributed by atoms with E-state index in [1.807, 2.05) is 18.2 Å². The van der Waals surface area contributed by atoms with E-state index in [4.69, 9.17) is 10.5 Å². The number of nitrogens with zero attached hydrogens (tertiary/aromatic N) is 4. The summed E-state index contributed by atoms with van der Waals surface area (Å²) in [6, 6.07) is 5.73. The number of carbonyl (C=O) groups is 2. The lowest BCUT2D eigenvalue weighted by atomic mass is 10.1. The third kappa shape index (κ3) is 4.63. The van der Waals surface area contributed by atoms with E-state index in [1.165, 1.54) is 6.33 Å². The number of benzene rings is 1. The first-order valence-corrected chi connectivity index (χ1v) is 9.97. The summed E-state index contributed by atoms with van der Waals surface area (Å²) in [5.74, 6) is 0.253. The van der Waals surface area contributed by atoms with Crippen molar-refractivity contribution in [3.63, 3.8) is 0 Å². The molecule has 1 aromatic carbocycles. The van der Waals surface area contributed by atoms with Gasteiger partial charge in [-0.2, -0.15) is 0 Å². The number of piperazine rings is 1. The number of hydrogen-bond acceptors (Lipinski definition) is 7. The maximum absolute atomic E-state index is 12.6. The Morgan fingerprint density at radius 3 is 3.00 bits per heavy atom. The van der Waals surface area contributed by atoms with Crippen molar-refractivity contribution in [2.24, 2.45) is 0 Å². The highest BCUT2D eigenvalue weighted by Gasteiger charge is 2.28. The molecule has 2 fully saturated rings. The van der Waals surface area contributed by atoms with E-state index < -0.39 is 0 Å². The predicted molar refractivity (Wildman–Crippen MR) is 108 cm³/mol. The Kier molecular flexibility index (Phi) is 5.86. The number of hydrogen-bond donors (Lipinski definition) is 2. The second-order valence-corrected chi connectivity index (χ2v) is 7.52. The van der Waals surface area contributed by atoms with Gasteiger partial charge in [-0.1, -0.05) is 6.07 Å². The summed E-state index contributed by atoms with van der Waals surface area (Å²) in [5, 5.41) is 4.06. The van der Waals surface area contributed by atoms with Crippen LogP contribution in [0.15, 0.2) is 24.5 Å². The molecule has 3 N–H and O–H groups in total. The van der Waals surface area contributed by atoms with Gasteiger partial charge >= 0.3 is 0 Å². The summed E-state index contributed by atoms with van der Waals surface area (Å²) in [5.41, 5.74) is 7.59. The molecule has 0 saturated carbocycles. The summed E-state index contributed by atoms with van der Waals surface area (Å²) in [6.45, 7) is 3.40. The monoisotopic (exact) mass is 398 g/mol. The zero-order chi connectivity index (χ0) is 20.2. The highest BCUT2D eigenvalue weighted by Crippen LogP contribution is 2.19. The van der Waals surface area contributed by atoms with Crippen molar-refractivity contribution in [3.8, 4) is 0 Å². The fraction of sp³-hybridized carbons (Fsp3) is 0.500. The molecule has 0 aliphatic carbocycles.